The van der Waals surface area contributed by atoms with Gasteiger partial charge in [-0.2, -0.15) is 13.2 Å². The first kappa shape index (κ1) is 16.5. The fourth-order valence-corrected chi connectivity index (χ4v) is 2.70. The van der Waals surface area contributed by atoms with Crippen molar-refractivity contribution in [3.63, 3.8) is 0 Å². The van der Waals surface area contributed by atoms with Crippen LogP contribution in [0.25, 0.3) is 0 Å². The number of benzene rings is 1. The van der Waals surface area contributed by atoms with Gasteiger partial charge in [0.05, 0.1) is 0 Å². The summed E-state index contributed by atoms with van der Waals surface area (Å²) in [4.78, 5) is 11.9. The summed E-state index contributed by atoms with van der Waals surface area (Å²) >= 11 is 0. The predicted molar refractivity (Wildman–Crippen MR) is 75.7 cm³/mol. The second kappa shape index (κ2) is 6.52. The van der Waals surface area contributed by atoms with Gasteiger partial charge in [0.15, 0.2) is 0 Å². The van der Waals surface area contributed by atoms with Gasteiger partial charge in [-0.05, 0) is 29.9 Å². The number of alkyl halides is 3. The molecule has 0 bridgehead atoms. The highest BCUT2D eigenvalue weighted by molar-refractivity contribution is 5.91. The number of rotatable bonds is 3. The molecule has 0 saturated heterocycles. The molecular formula is C16H18F3NO2. The van der Waals surface area contributed by atoms with E-state index in [4.69, 9.17) is 10.5 Å². The molecule has 2 N–H and O–H groups in total. The minimum atomic E-state index is -4.76. The molecule has 0 radical (unpaired) electrons. The Morgan fingerprint density at radius 2 is 1.95 bits per heavy atom. The minimum Gasteiger partial charge on any atom is -0.457 e. The molecule has 22 heavy (non-hydrogen) atoms. The summed E-state index contributed by atoms with van der Waals surface area (Å²) in [7, 11) is 0. The largest absolute Gasteiger partial charge is 0.457 e. The van der Waals surface area contributed by atoms with Crippen molar-refractivity contribution in [2.24, 2.45) is 11.7 Å². The van der Waals surface area contributed by atoms with Crippen molar-refractivity contribution in [2.75, 3.05) is 0 Å². The number of esters is 1. The summed E-state index contributed by atoms with van der Waals surface area (Å²) in [5, 5.41) is 0. The summed E-state index contributed by atoms with van der Waals surface area (Å²) in [6.45, 7) is 1.62. The highest BCUT2D eigenvalue weighted by Crippen LogP contribution is 2.38. The van der Waals surface area contributed by atoms with E-state index in [0.29, 0.717) is 12.0 Å². The number of carbonyl (C=O) groups excluding carboxylic acids is 1. The van der Waals surface area contributed by atoms with E-state index in [1.807, 2.05) is 6.92 Å². The van der Waals surface area contributed by atoms with Crippen molar-refractivity contribution in [3.8, 4) is 0 Å². The van der Waals surface area contributed by atoms with Crippen LogP contribution in [0.15, 0.2) is 41.5 Å². The Morgan fingerprint density at radius 1 is 1.32 bits per heavy atom. The van der Waals surface area contributed by atoms with Crippen LogP contribution in [0.1, 0.15) is 25.3 Å². The van der Waals surface area contributed by atoms with E-state index in [2.05, 4.69) is 0 Å². The van der Waals surface area contributed by atoms with Crippen LogP contribution in [0.5, 0.6) is 0 Å². The van der Waals surface area contributed by atoms with Crippen molar-refractivity contribution in [2.45, 2.75) is 38.6 Å². The third-order valence-corrected chi connectivity index (χ3v) is 3.69. The van der Waals surface area contributed by atoms with Crippen LogP contribution in [0.4, 0.5) is 13.2 Å². The maximum atomic E-state index is 13.2. The molecule has 1 aliphatic rings. The molecule has 1 fully saturated rings. The Balaban J connectivity index is 2.20. The maximum Gasteiger partial charge on any atom is 0.423 e. The maximum absolute atomic E-state index is 13.2. The highest BCUT2D eigenvalue weighted by atomic mass is 19.4. The van der Waals surface area contributed by atoms with Crippen LogP contribution in [-0.4, -0.2) is 18.2 Å². The molecule has 2 rings (SSSR count). The van der Waals surface area contributed by atoms with Crippen LogP contribution in [0, 0.1) is 5.92 Å². The third-order valence-electron chi connectivity index (χ3n) is 3.69. The average Bonchev–Trinajstić information content (AvgIpc) is 2.75. The molecule has 0 aromatic heterocycles. The SMILES string of the molecule is C[C@H]1C/C(=C(\C(=O)OCc2ccccc2)C(F)(F)F)[C@@H](N)C1. The Bertz CT molecular complexity index is 567. The van der Waals surface area contributed by atoms with Crippen LogP contribution < -0.4 is 5.73 Å². The van der Waals surface area contributed by atoms with Crippen molar-refractivity contribution in [1.29, 1.82) is 0 Å². The smallest absolute Gasteiger partial charge is 0.423 e. The van der Waals surface area contributed by atoms with Gasteiger partial charge in [-0.25, -0.2) is 4.79 Å². The lowest BCUT2D eigenvalue weighted by Crippen LogP contribution is -2.29. The van der Waals surface area contributed by atoms with E-state index >= 15 is 0 Å². The molecule has 1 saturated carbocycles. The van der Waals surface area contributed by atoms with Gasteiger partial charge in [0.1, 0.15) is 12.2 Å². The topological polar surface area (TPSA) is 52.3 Å². The summed E-state index contributed by atoms with van der Waals surface area (Å²) in [6.07, 6.45) is -4.14. The van der Waals surface area contributed by atoms with E-state index in [-0.39, 0.29) is 24.5 Å². The first-order chi connectivity index (χ1) is 10.3. The van der Waals surface area contributed by atoms with Gasteiger partial charge in [-0.1, -0.05) is 37.3 Å². The van der Waals surface area contributed by atoms with Gasteiger partial charge in [0.2, 0.25) is 0 Å². The average molecular weight is 313 g/mol. The van der Waals surface area contributed by atoms with Gasteiger partial charge in [0, 0.05) is 6.04 Å². The van der Waals surface area contributed by atoms with Gasteiger partial charge < -0.3 is 10.5 Å². The van der Waals surface area contributed by atoms with Gasteiger partial charge in [-0.3, -0.25) is 0 Å². The monoisotopic (exact) mass is 313 g/mol. The molecule has 120 valence electrons. The summed E-state index contributed by atoms with van der Waals surface area (Å²) in [5.41, 5.74) is 5.10. The van der Waals surface area contributed by atoms with Crippen molar-refractivity contribution < 1.29 is 22.7 Å². The van der Waals surface area contributed by atoms with E-state index < -0.39 is 23.8 Å². The van der Waals surface area contributed by atoms with Crippen LogP contribution in [0.3, 0.4) is 0 Å². The molecule has 0 spiro atoms. The fourth-order valence-electron chi connectivity index (χ4n) is 2.70. The zero-order valence-corrected chi connectivity index (χ0v) is 12.2. The molecule has 1 aromatic carbocycles. The van der Waals surface area contributed by atoms with Crippen LogP contribution in [-0.2, 0) is 16.1 Å². The minimum absolute atomic E-state index is 0.0317. The number of hydrogen-bond acceptors (Lipinski definition) is 3. The molecule has 2 atom stereocenters. The first-order valence-electron chi connectivity index (χ1n) is 7.06. The number of halogens is 3. The molecule has 0 heterocycles. The van der Waals surface area contributed by atoms with Crippen molar-refractivity contribution in [3.05, 3.63) is 47.0 Å². The molecule has 1 aromatic rings. The van der Waals surface area contributed by atoms with E-state index in [1.54, 1.807) is 30.3 Å². The van der Waals surface area contributed by atoms with Gasteiger partial charge in [-0.15, -0.1) is 0 Å². The quantitative estimate of drug-likeness (QED) is 0.688. The van der Waals surface area contributed by atoms with Crippen molar-refractivity contribution >= 4 is 5.97 Å². The van der Waals surface area contributed by atoms with Crippen LogP contribution >= 0.6 is 0 Å². The standard InChI is InChI=1S/C16H18F3NO2/c1-10-7-12(13(20)8-10)14(16(17,18)19)15(21)22-9-11-5-3-2-4-6-11/h2-6,10,13H,7-9,20H2,1H3/b14-12-/t10-,13-/m0/s1. The lowest BCUT2D eigenvalue weighted by Gasteiger charge is -2.16. The Labute approximate surface area is 126 Å². The summed E-state index contributed by atoms with van der Waals surface area (Å²) < 4.78 is 44.5. The zero-order valence-electron chi connectivity index (χ0n) is 12.2. The third kappa shape index (κ3) is 3.88. The Hall–Kier alpha value is -1.82. The molecule has 3 nitrogen and oxygen atoms in total. The molecule has 1 aliphatic carbocycles. The normalized spacial score (nSPS) is 24.2. The van der Waals surface area contributed by atoms with E-state index in [1.165, 1.54) is 0 Å². The predicted octanol–water partition coefficient (Wildman–Crippen LogP) is 3.35. The number of carbonyl (C=O) groups is 1. The lowest BCUT2D eigenvalue weighted by atomic mass is 10.0. The second-order valence-corrected chi connectivity index (χ2v) is 5.61. The molecule has 0 unspecified atom stereocenters. The molecular weight excluding hydrogens is 295 g/mol. The lowest BCUT2D eigenvalue weighted by molar-refractivity contribution is -0.152. The zero-order chi connectivity index (χ0) is 16.3. The second-order valence-electron chi connectivity index (χ2n) is 5.61. The Morgan fingerprint density at radius 3 is 2.45 bits per heavy atom. The van der Waals surface area contributed by atoms with E-state index in [0.717, 1.165) is 0 Å². The first-order valence-corrected chi connectivity index (χ1v) is 7.06. The molecule has 6 heteroatoms. The van der Waals surface area contributed by atoms with Crippen LogP contribution in [0.2, 0.25) is 0 Å². The summed E-state index contributed by atoms with van der Waals surface area (Å²) in [6, 6.07) is 7.83. The van der Waals surface area contributed by atoms with Gasteiger partial charge in [0.25, 0.3) is 0 Å². The highest BCUT2D eigenvalue weighted by Gasteiger charge is 2.45. The number of hydrogen-bond donors (Lipinski definition) is 1. The summed E-state index contributed by atoms with van der Waals surface area (Å²) in [5.74, 6) is -1.32. The van der Waals surface area contributed by atoms with Gasteiger partial charge >= 0.3 is 12.1 Å². The Kier molecular flexibility index (Phi) is 4.90. The number of ether oxygens (including phenoxy) is 1. The fraction of sp³-hybridized carbons (Fsp3) is 0.438. The van der Waals surface area contributed by atoms with Crippen molar-refractivity contribution in [1.82, 2.24) is 0 Å². The molecule has 0 amide bonds. The van der Waals surface area contributed by atoms with E-state index in [9.17, 15) is 18.0 Å². The molecule has 0 aliphatic heterocycles. The number of nitrogens with two attached hydrogens (primary N) is 1.